The summed E-state index contributed by atoms with van der Waals surface area (Å²) in [4.78, 5) is 56.6. The van der Waals surface area contributed by atoms with Crippen LogP contribution in [-0.4, -0.2) is 107 Å². The number of imide groups is 1. The summed E-state index contributed by atoms with van der Waals surface area (Å²) in [5.41, 5.74) is 5.10. The van der Waals surface area contributed by atoms with Gasteiger partial charge in [0.25, 0.3) is 5.91 Å². The molecule has 3 atom stereocenters. The molecule has 0 radical (unpaired) electrons. The third-order valence-corrected chi connectivity index (χ3v) is 14.3. The molecule has 2 aliphatic rings. The Hall–Kier alpha value is -6.06. The molecule has 0 aliphatic carbocycles. The molecule has 1 aromatic heterocycles. The van der Waals surface area contributed by atoms with Crippen LogP contribution in [0.1, 0.15) is 102 Å². The van der Waals surface area contributed by atoms with Crippen molar-refractivity contribution in [3.63, 3.8) is 0 Å². The first kappa shape index (κ1) is 48.9. The van der Waals surface area contributed by atoms with E-state index < -0.39 is 22.8 Å². The first-order valence-corrected chi connectivity index (χ1v) is 25.1. The summed E-state index contributed by atoms with van der Waals surface area (Å²) in [5, 5.41) is 7.81. The molecule has 2 fully saturated rings. The van der Waals surface area contributed by atoms with Gasteiger partial charge < -0.3 is 24.0 Å². The molecule has 0 bridgehead atoms. The van der Waals surface area contributed by atoms with Gasteiger partial charge in [0.05, 0.1) is 42.5 Å². The molecular formula is C52H64N6O8S. The summed E-state index contributed by atoms with van der Waals surface area (Å²) in [5.74, 6) is 2.90. The zero-order valence-electron chi connectivity index (χ0n) is 39.6. The zero-order chi connectivity index (χ0) is 47.6. The molecule has 7 rings (SSSR count). The predicted molar refractivity (Wildman–Crippen MR) is 262 cm³/mol. The van der Waals surface area contributed by atoms with E-state index >= 15 is 0 Å². The molecule has 2 aliphatic heterocycles. The highest BCUT2D eigenvalue weighted by Crippen LogP contribution is 2.37. The van der Waals surface area contributed by atoms with E-state index in [9.17, 15) is 23.4 Å². The van der Waals surface area contributed by atoms with Crippen LogP contribution in [0.15, 0.2) is 78.9 Å². The molecule has 5 aromatic rings. The lowest BCUT2D eigenvalue weighted by Crippen LogP contribution is -2.40. The SMILES string of the molecule is CCCC(C(=O)NC=O)c1nn(C)c2cc(Oc3ccc(CN4CCC(C5CCN(c6ccc(C(=O)N(C)C(CS(C)=O)c7ccc(OC)c(OCC)c7)c(C=O)c6)CC5)CC4)cc3)ccc12. The van der Waals surface area contributed by atoms with Gasteiger partial charge in [0, 0.05) is 79.2 Å². The first-order valence-electron chi connectivity index (χ1n) is 23.4. The van der Waals surface area contributed by atoms with Crippen LogP contribution in [0.2, 0.25) is 0 Å². The molecule has 0 saturated carbocycles. The normalized spacial score (nSPS) is 16.2. The Morgan fingerprint density at radius 2 is 1.60 bits per heavy atom. The van der Waals surface area contributed by atoms with Crippen LogP contribution in [0.5, 0.6) is 23.0 Å². The van der Waals surface area contributed by atoms with Crippen molar-refractivity contribution >= 4 is 51.9 Å². The molecule has 356 valence electrons. The van der Waals surface area contributed by atoms with Crippen LogP contribution in [-0.2, 0) is 34.0 Å². The third kappa shape index (κ3) is 11.6. The highest BCUT2D eigenvalue weighted by atomic mass is 32.2. The number of hydrogen-bond acceptors (Lipinski definition) is 11. The molecule has 3 heterocycles. The maximum Gasteiger partial charge on any atom is 0.254 e. The first-order chi connectivity index (χ1) is 32.4. The quantitative estimate of drug-likeness (QED) is 0.0755. The van der Waals surface area contributed by atoms with Gasteiger partial charge in [0.15, 0.2) is 17.8 Å². The number of ether oxygens (including phenoxy) is 3. The Kier molecular flexibility index (Phi) is 16.5. The second-order valence-electron chi connectivity index (χ2n) is 17.7. The Bertz CT molecular complexity index is 2550. The summed E-state index contributed by atoms with van der Waals surface area (Å²) in [6.07, 6.45) is 8.66. The molecule has 1 N–H and O–H groups in total. The lowest BCUT2D eigenvalue weighted by Gasteiger charge is -2.41. The molecule has 14 nitrogen and oxygen atoms in total. The number of anilines is 1. The molecule has 2 saturated heterocycles. The summed E-state index contributed by atoms with van der Waals surface area (Å²) in [6.45, 7) is 9.11. The number of nitrogens with one attached hydrogen (secondary N) is 1. The van der Waals surface area contributed by atoms with Gasteiger partial charge in [-0.1, -0.05) is 31.5 Å². The van der Waals surface area contributed by atoms with Gasteiger partial charge in [-0.05, 0) is 130 Å². The summed E-state index contributed by atoms with van der Waals surface area (Å²) in [6, 6.07) is 24.5. The Morgan fingerprint density at radius 3 is 2.24 bits per heavy atom. The van der Waals surface area contributed by atoms with Crippen LogP contribution in [0.4, 0.5) is 5.69 Å². The Labute approximate surface area is 396 Å². The van der Waals surface area contributed by atoms with Gasteiger partial charge in [0.2, 0.25) is 12.3 Å². The molecule has 67 heavy (non-hydrogen) atoms. The van der Waals surface area contributed by atoms with Crippen molar-refractivity contribution in [3.05, 3.63) is 107 Å². The Balaban J connectivity index is 0.897. The number of aryl methyl sites for hydroxylation is 1. The summed E-state index contributed by atoms with van der Waals surface area (Å²) in [7, 11) is 3.89. The lowest BCUT2D eigenvalue weighted by atomic mass is 9.78. The van der Waals surface area contributed by atoms with Crippen molar-refractivity contribution in [3.8, 4) is 23.0 Å². The number of hydrogen-bond donors (Lipinski definition) is 1. The second-order valence-corrected chi connectivity index (χ2v) is 19.2. The predicted octanol–water partition coefficient (Wildman–Crippen LogP) is 8.06. The van der Waals surface area contributed by atoms with Gasteiger partial charge in [-0.15, -0.1) is 0 Å². The van der Waals surface area contributed by atoms with Crippen molar-refractivity contribution in [2.75, 3.05) is 63.9 Å². The fourth-order valence-corrected chi connectivity index (χ4v) is 10.7. The van der Waals surface area contributed by atoms with Crippen molar-refractivity contribution in [2.45, 2.75) is 70.9 Å². The number of methoxy groups -OCH3 is 1. The van der Waals surface area contributed by atoms with Crippen LogP contribution in [0.3, 0.4) is 0 Å². The highest BCUT2D eigenvalue weighted by molar-refractivity contribution is 7.84. The van der Waals surface area contributed by atoms with E-state index in [1.807, 2.05) is 75.5 Å². The van der Waals surface area contributed by atoms with E-state index in [0.29, 0.717) is 65.3 Å². The highest BCUT2D eigenvalue weighted by Gasteiger charge is 2.32. The fraction of sp³-hybridized carbons (Fsp3) is 0.442. The van der Waals surface area contributed by atoms with Crippen molar-refractivity contribution in [2.24, 2.45) is 18.9 Å². The number of carbonyl (C=O) groups is 4. The number of nitrogens with zero attached hydrogens (tertiary/aromatic N) is 5. The molecule has 0 spiro atoms. The summed E-state index contributed by atoms with van der Waals surface area (Å²) < 4.78 is 31.8. The zero-order valence-corrected chi connectivity index (χ0v) is 40.4. The number of benzene rings is 4. The average molecular weight is 933 g/mol. The third-order valence-electron chi connectivity index (χ3n) is 13.5. The van der Waals surface area contributed by atoms with Crippen LogP contribution in [0, 0.1) is 11.8 Å². The van der Waals surface area contributed by atoms with Crippen LogP contribution in [0.25, 0.3) is 10.9 Å². The largest absolute Gasteiger partial charge is 0.493 e. The number of aromatic nitrogens is 2. The average Bonchev–Trinajstić information content (AvgIpc) is 3.67. The number of amides is 3. The van der Waals surface area contributed by atoms with E-state index in [-0.39, 0.29) is 17.6 Å². The number of carbonyl (C=O) groups excluding carboxylic acids is 4. The monoisotopic (exact) mass is 932 g/mol. The van der Waals surface area contributed by atoms with E-state index in [1.165, 1.54) is 18.4 Å². The van der Waals surface area contributed by atoms with E-state index in [4.69, 9.17) is 14.2 Å². The van der Waals surface area contributed by atoms with Gasteiger partial charge >= 0.3 is 0 Å². The standard InChI is InChI=1S/C52H64N6O8S/c1-7-9-45(51(61)53-34-60)50-44-18-16-42(30-46(44)56(4)54-50)66-41-14-10-35(11-15-41)31-57-24-20-36(21-25-57)37-22-26-58(27-23-37)40-13-17-43(39(28-40)32-59)52(62)55(3)47(33-67(6)63)38-12-19-48(64-5)49(29-38)65-8-2/h10-19,28-30,32,34,36-37,45,47H,7-9,20-27,31,33H2,1-6H3,(H,53,60,61). The van der Waals surface area contributed by atoms with Gasteiger partial charge in [-0.2, -0.15) is 5.10 Å². The number of likely N-dealkylation sites (tertiary alicyclic amines) is 1. The minimum absolute atomic E-state index is 0.222. The van der Waals surface area contributed by atoms with Crippen LogP contribution < -0.4 is 24.4 Å². The number of piperidine rings is 2. The topological polar surface area (TPSA) is 153 Å². The van der Waals surface area contributed by atoms with Crippen molar-refractivity contribution in [1.29, 1.82) is 0 Å². The van der Waals surface area contributed by atoms with Gasteiger partial charge in [0.1, 0.15) is 11.5 Å². The number of fused-ring (bicyclic) bond motifs is 1. The lowest BCUT2D eigenvalue weighted by molar-refractivity contribution is -0.126. The van der Waals surface area contributed by atoms with E-state index in [0.717, 1.165) is 86.2 Å². The molecular weight excluding hydrogens is 869 g/mol. The minimum atomic E-state index is -1.21. The number of aldehydes is 1. The molecule has 3 amide bonds. The van der Waals surface area contributed by atoms with E-state index in [1.54, 1.807) is 42.1 Å². The van der Waals surface area contributed by atoms with Gasteiger partial charge in [-0.3, -0.25) is 38.3 Å². The molecule has 15 heteroatoms. The molecule has 3 unspecified atom stereocenters. The maximum absolute atomic E-state index is 14.0. The minimum Gasteiger partial charge on any atom is -0.493 e. The van der Waals surface area contributed by atoms with Gasteiger partial charge in [-0.25, -0.2) is 0 Å². The second kappa shape index (κ2) is 22.6. The summed E-state index contributed by atoms with van der Waals surface area (Å²) >= 11 is 0. The maximum atomic E-state index is 14.0. The van der Waals surface area contributed by atoms with E-state index in [2.05, 4.69) is 32.3 Å². The molecule has 4 aromatic carbocycles. The van der Waals surface area contributed by atoms with Crippen molar-refractivity contribution < 1.29 is 37.6 Å². The van der Waals surface area contributed by atoms with Crippen molar-refractivity contribution in [1.82, 2.24) is 24.9 Å². The Morgan fingerprint density at radius 1 is 0.896 bits per heavy atom. The smallest absolute Gasteiger partial charge is 0.254 e. The number of rotatable bonds is 20. The van der Waals surface area contributed by atoms with Crippen LogP contribution >= 0.6 is 0 Å². The fourth-order valence-electron chi connectivity index (χ4n) is 9.89.